The molecule has 1 aliphatic heterocycles. The normalized spacial score (nSPS) is 13.0. The van der Waals surface area contributed by atoms with E-state index >= 15 is 0 Å². The Morgan fingerprint density at radius 2 is 2.06 bits per heavy atom. The molecule has 1 aliphatic rings. The second kappa shape index (κ2) is 3.63. The van der Waals surface area contributed by atoms with E-state index in [4.69, 9.17) is 19.7 Å². The van der Waals surface area contributed by atoms with Gasteiger partial charge >= 0.3 is 0 Å². The van der Waals surface area contributed by atoms with Gasteiger partial charge in [-0.25, -0.2) is 0 Å². The quantitative estimate of drug-likeness (QED) is 0.786. The SMILES string of the molecule is NCc1nc(-c2cc3c(cc2O)OCO3)no1. The molecule has 0 saturated carbocycles. The molecule has 0 saturated heterocycles. The summed E-state index contributed by atoms with van der Waals surface area (Å²) in [5.41, 5.74) is 5.78. The molecule has 1 aromatic heterocycles. The van der Waals surface area contributed by atoms with Crippen LogP contribution in [0.3, 0.4) is 0 Å². The van der Waals surface area contributed by atoms with Gasteiger partial charge in [-0.2, -0.15) is 4.98 Å². The summed E-state index contributed by atoms with van der Waals surface area (Å²) in [6.07, 6.45) is 0. The van der Waals surface area contributed by atoms with E-state index in [1.165, 1.54) is 6.07 Å². The number of phenols is 1. The van der Waals surface area contributed by atoms with Crippen LogP contribution in [0.15, 0.2) is 16.7 Å². The van der Waals surface area contributed by atoms with Crippen molar-refractivity contribution in [2.24, 2.45) is 5.73 Å². The standard InChI is InChI=1S/C10H9N3O4/c11-3-9-12-10(13-17-9)5-1-7-8(2-6(5)14)16-4-15-7/h1-2,14H,3-4,11H2. The Morgan fingerprint density at radius 3 is 2.76 bits per heavy atom. The van der Waals surface area contributed by atoms with Gasteiger partial charge in [0.05, 0.1) is 12.1 Å². The van der Waals surface area contributed by atoms with Gasteiger partial charge in [0.1, 0.15) is 5.75 Å². The fraction of sp³-hybridized carbons (Fsp3) is 0.200. The minimum atomic E-state index is -0.00128. The summed E-state index contributed by atoms with van der Waals surface area (Å²) >= 11 is 0. The smallest absolute Gasteiger partial charge is 0.240 e. The van der Waals surface area contributed by atoms with Crippen LogP contribution < -0.4 is 15.2 Å². The average molecular weight is 235 g/mol. The molecule has 17 heavy (non-hydrogen) atoms. The molecule has 0 radical (unpaired) electrons. The summed E-state index contributed by atoms with van der Waals surface area (Å²) in [5, 5.41) is 13.5. The molecule has 0 unspecified atom stereocenters. The summed E-state index contributed by atoms with van der Waals surface area (Å²) in [4.78, 5) is 4.03. The van der Waals surface area contributed by atoms with Gasteiger partial charge in [-0.1, -0.05) is 5.16 Å². The minimum absolute atomic E-state index is 0.00128. The highest BCUT2D eigenvalue weighted by atomic mass is 16.7. The second-order valence-corrected chi connectivity index (χ2v) is 3.44. The van der Waals surface area contributed by atoms with Crippen molar-refractivity contribution in [1.82, 2.24) is 10.1 Å². The Kier molecular flexibility index (Phi) is 2.12. The Labute approximate surface area is 95.8 Å². The number of phenolic OH excluding ortho intramolecular Hbond substituents is 1. The molecular weight excluding hydrogens is 226 g/mol. The predicted molar refractivity (Wildman–Crippen MR) is 55.4 cm³/mol. The van der Waals surface area contributed by atoms with Gasteiger partial charge in [-0.05, 0) is 6.07 Å². The van der Waals surface area contributed by atoms with Crippen LogP contribution in [-0.2, 0) is 6.54 Å². The fourth-order valence-electron chi connectivity index (χ4n) is 1.56. The molecule has 0 bridgehead atoms. The molecule has 3 N–H and O–H groups in total. The summed E-state index contributed by atoms with van der Waals surface area (Å²) in [5.74, 6) is 1.60. The van der Waals surface area contributed by atoms with E-state index in [1.807, 2.05) is 0 Å². The summed E-state index contributed by atoms with van der Waals surface area (Å²) in [7, 11) is 0. The molecule has 2 heterocycles. The van der Waals surface area contributed by atoms with Crippen molar-refractivity contribution in [2.75, 3.05) is 6.79 Å². The topological polar surface area (TPSA) is 104 Å². The molecule has 2 aromatic rings. The Morgan fingerprint density at radius 1 is 1.29 bits per heavy atom. The Bertz CT molecular complexity index is 567. The summed E-state index contributed by atoms with van der Waals surface area (Å²) in [6.45, 7) is 0.289. The van der Waals surface area contributed by atoms with Crippen molar-refractivity contribution in [1.29, 1.82) is 0 Å². The van der Waals surface area contributed by atoms with Crippen LogP contribution in [0.2, 0.25) is 0 Å². The van der Waals surface area contributed by atoms with Crippen molar-refractivity contribution in [2.45, 2.75) is 6.54 Å². The maximum absolute atomic E-state index is 9.82. The number of rotatable bonds is 2. The Hall–Kier alpha value is -2.28. The van der Waals surface area contributed by atoms with E-state index in [9.17, 15) is 5.11 Å². The highest BCUT2D eigenvalue weighted by Crippen LogP contribution is 2.40. The van der Waals surface area contributed by atoms with E-state index in [2.05, 4.69) is 10.1 Å². The van der Waals surface area contributed by atoms with Crippen LogP contribution in [0.5, 0.6) is 17.2 Å². The lowest BCUT2D eigenvalue weighted by Gasteiger charge is -2.01. The molecular formula is C10H9N3O4. The Balaban J connectivity index is 2.08. The predicted octanol–water partition coefficient (Wildman–Crippen LogP) is 0.630. The lowest BCUT2D eigenvalue weighted by atomic mass is 10.1. The zero-order chi connectivity index (χ0) is 11.8. The number of fused-ring (bicyclic) bond motifs is 1. The first-order valence-electron chi connectivity index (χ1n) is 4.93. The fourth-order valence-corrected chi connectivity index (χ4v) is 1.56. The number of nitrogens with zero attached hydrogens (tertiary/aromatic N) is 2. The first-order chi connectivity index (χ1) is 8.28. The van der Waals surface area contributed by atoms with Crippen molar-refractivity contribution in [3.05, 3.63) is 18.0 Å². The number of aromatic nitrogens is 2. The maximum Gasteiger partial charge on any atom is 0.240 e. The highest BCUT2D eigenvalue weighted by Gasteiger charge is 2.20. The molecule has 7 heteroatoms. The van der Waals surface area contributed by atoms with E-state index in [0.717, 1.165) is 0 Å². The number of nitrogens with two attached hydrogens (primary N) is 1. The van der Waals surface area contributed by atoms with Gasteiger partial charge in [0.25, 0.3) is 0 Å². The van der Waals surface area contributed by atoms with Crippen LogP contribution >= 0.6 is 0 Å². The third kappa shape index (κ3) is 1.56. The minimum Gasteiger partial charge on any atom is -0.507 e. The van der Waals surface area contributed by atoms with Gasteiger partial charge in [0.2, 0.25) is 18.5 Å². The van der Waals surface area contributed by atoms with Gasteiger partial charge in [0.15, 0.2) is 11.5 Å². The van der Waals surface area contributed by atoms with Gasteiger partial charge in [-0.15, -0.1) is 0 Å². The van der Waals surface area contributed by atoms with Crippen LogP contribution in [0.1, 0.15) is 5.89 Å². The first-order valence-corrected chi connectivity index (χ1v) is 4.93. The third-order valence-electron chi connectivity index (χ3n) is 2.37. The highest BCUT2D eigenvalue weighted by molar-refractivity contribution is 5.69. The second-order valence-electron chi connectivity index (χ2n) is 3.44. The summed E-state index contributed by atoms with van der Waals surface area (Å²) in [6, 6.07) is 3.05. The zero-order valence-electron chi connectivity index (χ0n) is 8.71. The van der Waals surface area contributed by atoms with Crippen LogP contribution in [0.4, 0.5) is 0 Å². The zero-order valence-corrected chi connectivity index (χ0v) is 8.71. The lowest BCUT2D eigenvalue weighted by molar-refractivity contribution is 0.174. The number of hydrogen-bond donors (Lipinski definition) is 2. The molecule has 7 nitrogen and oxygen atoms in total. The van der Waals surface area contributed by atoms with Crippen molar-refractivity contribution in [3.63, 3.8) is 0 Å². The van der Waals surface area contributed by atoms with Gasteiger partial charge in [-0.3, -0.25) is 0 Å². The van der Waals surface area contributed by atoms with E-state index in [1.54, 1.807) is 6.07 Å². The molecule has 88 valence electrons. The van der Waals surface area contributed by atoms with Crippen molar-refractivity contribution < 1.29 is 19.1 Å². The average Bonchev–Trinajstić information content (AvgIpc) is 2.94. The molecule has 3 rings (SSSR count). The van der Waals surface area contributed by atoms with Crippen LogP contribution in [-0.4, -0.2) is 22.0 Å². The monoisotopic (exact) mass is 235 g/mol. The molecule has 0 fully saturated rings. The van der Waals surface area contributed by atoms with E-state index in [0.29, 0.717) is 23.0 Å². The van der Waals surface area contributed by atoms with Gasteiger partial charge in [0, 0.05) is 6.07 Å². The molecule has 0 atom stereocenters. The molecule has 0 amide bonds. The molecule has 0 spiro atoms. The number of ether oxygens (including phenoxy) is 2. The number of hydrogen-bond acceptors (Lipinski definition) is 7. The van der Waals surface area contributed by atoms with Crippen molar-refractivity contribution in [3.8, 4) is 28.6 Å². The van der Waals surface area contributed by atoms with Crippen molar-refractivity contribution >= 4 is 0 Å². The molecule has 1 aromatic carbocycles. The largest absolute Gasteiger partial charge is 0.507 e. The number of aromatic hydroxyl groups is 1. The van der Waals surface area contributed by atoms with E-state index < -0.39 is 0 Å². The maximum atomic E-state index is 9.82. The van der Waals surface area contributed by atoms with E-state index in [-0.39, 0.29) is 24.9 Å². The van der Waals surface area contributed by atoms with Crippen LogP contribution in [0, 0.1) is 0 Å². The van der Waals surface area contributed by atoms with Gasteiger partial charge < -0.3 is 24.8 Å². The lowest BCUT2D eigenvalue weighted by Crippen LogP contribution is -1.95. The molecule has 0 aliphatic carbocycles. The first kappa shape index (κ1) is 9.91. The van der Waals surface area contributed by atoms with Crippen LogP contribution in [0.25, 0.3) is 11.4 Å². The third-order valence-corrected chi connectivity index (χ3v) is 2.37. The summed E-state index contributed by atoms with van der Waals surface area (Å²) < 4.78 is 15.2. The number of benzene rings is 1.